The predicted molar refractivity (Wildman–Crippen MR) is 82.0 cm³/mol. The Hall–Kier alpha value is -1.55. The van der Waals surface area contributed by atoms with Gasteiger partial charge in [0.05, 0.1) is 0 Å². The van der Waals surface area contributed by atoms with Crippen molar-refractivity contribution in [1.82, 2.24) is 0 Å². The zero-order valence-corrected chi connectivity index (χ0v) is 11.9. The van der Waals surface area contributed by atoms with E-state index in [1.54, 1.807) is 0 Å². The molecule has 3 rings (SSSR count). The van der Waals surface area contributed by atoms with Gasteiger partial charge in [-0.05, 0) is 34.9 Å². The Kier molecular flexibility index (Phi) is 3.66. The Labute approximate surface area is 123 Å². The van der Waals surface area contributed by atoms with Gasteiger partial charge >= 0.3 is 0 Å². The third-order valence-electron chi connectivity index (χ3n) is 3.60. The number of ether oxygens (including phenoxy) is 1. The van der Waals surface area contributed by atoms with Crippen LogP contribution in [0.15, 0.2) is 36.4 Å². The maximum atomic E-state index is 6.23. The first kappa shape index (κ1) is 13.4. The van der Waals surface area contributed by atoms with E-state index in [4.69, 9.17) is 27.8 Å². The van der Waals surface area contributed by atoms with Crippen LogP contribution < -0.4 is 16.2 Å². The van der Waals surface area contributed by atoms with Crippen LogP contribution in [-0.4, -0.2) is 12.6 Å². The van der Waals surface area contributed by atoms with Gasteiger partial charge < -0.3 is 16.2 Å². The Morgan fingerprint density at radius 3 is 2.80 bits per heavy atom. The van der Waals surface area contributed by atoms with Crippen molar-refractivity contribution in [1.29, 1.82) is 0 Å². The normalized spacial score (nSPS) is 16.9. The third kappa shape index (κ3) is 2.40. The van der Waals surface area contributed by atoms with E-state index in [0.717, 1.165) is 39.4 Å². The van der Waals surface area contributed by atoms with Crippen LogP contribution in [0.5, 0.6) is 5.75 Å². The summed E-state index contributed by atoms with van der Waals surface area (Å²) in [6.07, 6.45) is 0.857. The van der Waals surface area contributed by atoms with E-state index in [0.29, 0.717) is 13.1 Å². The van der Waals surface area contributed by atoms with E-state index in [1.807, 2.05) is 30.3 Å². The lowest BCUT2D eigenvalue weighted by atomic mass is 9.99. The van der Waals surface area contributed by atoms with Crippen molar-refractivity contribution in [3.05, 3.63) is 52.5 Å². The second kappa shape index (κ2) is 5.44. The van der Waals surface area contributed by atoms with Crippen molar-refractivity contribution in [2.24, 2.45) is 11.5 Å². The molecule has 104 valence electrons. The van der Waals surface area contributed by atoms with Crippen LogP contribution >= 0.6 is 11.6 Å². The van der Waals surface area contributed by atoms with Gasteiger partial charge in [-0.2, -0.15) is 0 Å². The van der Waals surface area contributed by atoms with Crippen molar-refractivity contribution >= 4 is 11.6 Å². The molecule has 0 radical (unpaired) electrons. The Morgan fingerprint density at radius 1 is 1.20 bits per heavy atom. The van der Waals surface area contributed by atoms with Crippen molar-refractivity contribution in [2.75, 3.05) is 6.54 Å². The molecule has 1 aliphatic rings. The average molecular weight is 289 g/mol. The molecule has 0 saturated heterocycles. The molecule has 0 fully saturated rings. The smallest absolute Gasteiger partial charge is 0.131 e. The van der Waals surface area contributed by atoms with E-state index in [2.05, 4.69) is 6.07 Å². The molecule has 0 aromatic heterocycles. The number of benzene rings is 2. The van der Waals surface area contributed by atoms with Gasteiger partial charge in [-0.15, -0.1) is 0 Å². The first-order valence-corrected chi connectivity index (χ1v) is 7.07. The Morgan fingerprint density at radius 2 is 2.05 bits per heavy atom. The summed E-state index contributed by atoms with van der Waals surface area (Å²) in [5, 5.41) is 0.721. The molecule has 0 amide bonds. The topological polar surface area (TPSA) is 61.3 Å². The van der Waals surface area contributed by atoms with Gasteiger partial charge in [0.2, 0.25) is 0 Å². The minimum Gasteiger partial charge on any atom is -0.488 e. The maximum absolute atomic E-state index is 6.23. The van der Waals surface area contributed by atoms with Crippen LogP contribution in [0.25, 0.3) is 11.1 Å². The fourth-order valence-corrected chi connectivity index (χ4v) is 2.85. The van der Waals surface area contributed by atoms with Gasteiger partial charge in [-0.3, -0.25) is 0 Å². The summed E-state index contributed by atoms with van der Waals surface area (Å²) in [7, 11) is 0. The molecular weight excluding hydrogens is 272 g/mol. The fourth-order valence-electron chi connectivity index (χ4n) is 2.61. The van der Waals surface area contributed by atoms with E-state index in [9.17, 15) is 0 Å². The predicted octanol–water partition coefficient (Wildman–Crippen LogP) is 2.73. The summed E-state index contributed by atoms with van der Waals surface area (Å²) in [6, 6.07) is 12.0. The molecule has 2 aromatic rings. The Balaban J connectivity index is 2.10. The number of hydrogen-bond acceptors (Lipinski definition) is 3. The van der Waals surface area contributed by atoms with Gasteiger partial charge in [0.25, 0.3) is 0 Å². The van der Waals surface area contributed by atoms with Gasteiger partial charge in [-0.25, -0.2) is 0 Å². The molecule has 3 nitrogen and oxygen atoms in total. The van der Waals surface area contributed by atoms with E-state index in [-0.39, 0.29) is 6.10 Å². The van der Waals surface area contributed by atoms with E-state index < -0.39 is 0 Å². The lowest BCUT2D eigenvalue weighted by molar-refractivity contribution is 0.242. The highest BCUT2D eigenvalue weighted by molar-refractivity contribution is 6.31. The zero-order valence-electron chi connectivity index (χ0n) is 11.1. The summed E-state index contributed by atoms with van der Waals surface area (Å²) >= 11 is 6.23. The Bertz CT molecular complexity index is 642. The monoisotopic (exact) mass is 288 g/mol. The second-order valence-corrected chi connectivity index (χ2v) is 5.46. The molecule has 0 spiro atoms. The molecule has 1 heterocycles. The summed E-state index contributed by atoms with van der Waals surface area (Å²) in [5.74, 6) is 0.902. The van der Waals surface area contributed by atoms with Crippen molar-refractivity contribution in [2.45, 2.75) is 19.1 Å². The molecule has 0 bridgehead atoms. The van der Waals surface area contributed by atoms with E-state index in [1.165, 1.54) is 0 Å². The summed E-state index contributed by atoms with van der Waals surface area (Å²) in [5.41, 5.74) is 15.7. The highest BCUT2D eigenvalue weighted by Gasteiger charge is 2.25. The molecule has 0 saturated carbocycles. The van der Waals surface area contributed by atoms with Crippen molar-refractivity contribution < 1.29 is 4.74 Å². The van der Waals surface area contributed by atoms with Gasteiger partial charge in [0.15, 0.2) is 0 Å². The third-order valence-corrected chi connectivity index (χ3v) is 3.82. The van der Waals surface area contributed by atoms with Crippen molar-refractivity contribution in [3.63, 3.8) is 0 Å². The molecule has 4 heteroatoms. The quantitative estimate of drug-likeness (QED) is 0.913. The molecule has 20 heavy (non-hydrogen) atoms. The molecule has 2 aromatic carbocycles. The minimum atomic E-state index is 0.0416. The van der Waals surface area contributed by atoms with Crippen LogP contribution in [0.1, 0.15) is 11.1 Å². The lowest BCUT2D eigenvalue weighted by Crippen LogP contribution is -2.24. The van der Waals surface area contributed by atoms with Crippen LogP contribution in [0.3, 0.4) is 0 Å². The minimum absolute atomic E-state index is 0.0416. The zero-order chi connectivity index (χ0) is 14.1. The van der Waals surface area contributed by atoms with Crippen LogP contribution in [0.4, 0.5) is 0 Å². The van der Waals surface area contributed by atoms with Crippen LogP contribution in [0, 0.1) is 0 Å². The fraction of sp³-hybridized carbons (Fsp3) is 0.250. The molecule has 1 aliphatic heterocycles. The molecule has 4 N–H and O–H groups in total. The van der Waals surface area contributed by atoms with E-state index >= 15 is 0 Å². The summed E-state index contributed by atoms with van der Waals surface area (Å²) in [6.45, 7) is 1.03. The first-order chi connectivity index (χ1) is 9.71. The standard InChI is InChI=1S/C16H17ClN2O/c17-13-5-12-6-14(9-19)20-16(12)15(7-13)11-3-1-2-10(4-11)8-18/h1-5,7,14H,6,8-9,18-19H2. The summed E-state index contributed by atoms with van der Waals surface area (Å²) in [4.78, 5) is 0. The van der Waals surface area contributed by atoms with Gasteiger partial charge in [0.1, 0.15) is 11.9 Å². The molecule has 1 atom stereocenters. The van der Waals surface area contributed by atoms with Gasteiger partial charge in [-0.1, -0.05) is 29.8 Å². The molecular formula is C16H17ClN2O. The summed E-state index contributed by atoms with van der Waals surface area (Å²) < 4.78 is 5.96. The molecule has 1 unspecified atom stereocenters. The maximum Gasteiger partial charge on any atom is 0.131 e. The second-order valence-electron chi connectivity index (χ2n) is 5.03. The SMILES string of the molecule is NCc1cccc(-c2cc(Cl)cc3c2OC(CN)C3)c1. The van der Waals surface area contributed by atoms with Crippen molar-refractivity contribution in [3.8, 4) is 16.9 Å². The highest BCUT2D eigenvalue weighted by atomic mass is 35.5. The van der Waals surface area contributed by atoms with Gasteiger partial charge in [0, 0.05) is 30.1 Å². The number of rotatable bonds is 3. The molecule has 0 aliphatic carbocycles. The number of fused-ring (bicyclic) bond motifs is 1. The average Bonchev–Trinajstić information content (AvgIpc) is 2.89. The first-order valence-electron chi connectivity index (χ1n) is 6.69. The number of halogens is 1. The number of hydrogen-bond donors (Lipinski definition) is 2. The largest absolute Gasteiger partial charge is 0.488 e. The lowest BCUT2D eigenvalue weighted by Gasteiger charge is -2.12. The van der Waals surface area contributed by atoms with Crippen LogP contribution in [-0.2, 0) is 13.0 Å². The van der Waals surface area contributed by atoms with Crippen LogP contribution in [0.2, 0.25) is 5.02 Å². The highest BCUT2D eigenvalue weighted by Crippen LogP contribution is 2.41. The number of nitrogens with two attached hydrogens (primary N) is 2.